The molecule has 1 aliphatic heterocycles. The Balaban J connectivity index is 1.55. The minimum atomic E-state index is -3.10. The second-order valence-corrected chi connectivity index (χ2v) is 8.10. The maximum Gasteiger partial charge on any atom is 0.266 e. The molecule has 162 valence electrons. The van der Waals surface area contributed by atoms with E-state index in [1.54, 1.807) is 31.2 Å². The highest BCUT2D eigenvalue weighted by molar-refractivity contribution is 6.09. The van der Waals surface area contributed by atoms with E-state index in [-0.39, 0.29) is 17.7 Å². The number of likely N-dealkylation sites (tertiary alicyclic amines) is 1. The quantitative estimate of drug-likeness (QED) is 0.459. The largest absolute Gasteiger partial charge is 0.332 e. The molecular formula is C23H19F2N5O2. The normalized spacial score (nSPS) is 18.2. The van der Waals surface area contributed by atoms with Gasteiger partial charge in [0.2, 0.25) is 0 Å². The third-order valence-electron chi connectivity index (χ3n) is 5.84. The van der Waals surface area contributed by atoms with Crippen molar-refractivity contribution >= 4 is 28.7 Å². The standard InChI is InChI=1S/C23H19F2N5O2/c1-14-8-20(30-22(28-14)26-13-27-30)16-9-23(24,25)12-29(10-16)21(32)18-7-6-15-4-2-3-5-17(15)19(18)11-31/h2-8,11,13,16H,9-10,12H2,1H3. The molecule has 1 amide bonds. The first-order valence-corrected chi connectivity index (χ1v) is 10.2. The van der Waals surface area contributed by atoms with E-state index < -0.39 is 30.7 Å². The van der Waals surface area contributed by atoms with Gasteiger partial charge in [-0.2, -0.15) is 10.1 Å². The van der Waals surface area contributed by atoms with Crippen molar-refractivity contribution in [3.8, 4) is 0 Å². The Hall–Kier alpha value is -3.75. The summed E-state index contributed by atoms with van der Waals surface area (Å²) in [4.78, 5) is 34.7. The smallest absolute Gasteiger partial charge is 0.266 e. The zero-order valence-corrected chi connectivity index (χ0v) is 17.2. The van der Waals surface area contributed by atoms with Gasteiger partial charge in [-0.15, -0.1) is 0 Å². The Labute approximate surface area is 181 Å². The molecule has 5 rings (SSSR count). The monoisotopic (exact) mass is 435 g/mol. The Morgan fingerprint density at radius 1 is 1.22 bits per heavy atom. The predicted molar refractivity (Wildman–Crippen MR) is 113 cm³/mol. The molecule has 9 heteroatoms. The van der Waals surface area contributed by atoms with Crippen LogP contribution in [0.5, 0.6) is 0 Å². The maximum atomic E-state index is 14.8. The molecule has 1 unspecified atom stereocenters. The van der Waals surface area contributed by atoms with Gasteiger partial charge in [-0.05, 0) is 29.8 Å². The summed E-state index contributed by atoms with van der Waals surface area (Å²) >= 11 is 0. The second kappa shape index (κ2) is 7.44. The van der Waals surface area contributed by atoms with Crippen molar-refractivity contribution in [2.75, 3.05) is 13.1 Å². The summed E-state index contributed by atoms with van der Waals surface area (Å²) < 4.78 is 31.0. The Kier molecular flexibility index (Phi) is 4.69. The molecule has 2 aromatic carbocycles. The molecular weight excluding hydrogens is 416 g/mol. The number of aromatic nitrogens is 4. The van der Waals surface area contributed by atoms with Crippen molar-refractivity contribution in [2.24, 2.45) is 0 Å². The number of halogens is 2. The van der Waals surface area contributed by atoms with Crippen LogP contribution in [0.3, 0.4) is 0 Å². The molecule has 0 N–H and O–H groups in total. The van der Waals surface area contributed by atoms with E-state index in [1.165, 1.54) is 16.9 Å². The molecule has 4 aromatic rings. The topological polar surface area (TPSA) is 80.5 Å². The van der Waals surface area contributed by atoms with E-state index >= 15 is 0 Å². The number of carbonyl (C=O) groups is 2. The average Bonchev–Trinajstić information content (AvgIpc) is 3.24. The van der Waals surface area contributed by atoms with Crippen molar-refractivity contribution in [3.63, 3.8) is 0 Å². The molecule has 0 spiro atoms. The van der Waals surface area contributed by atoms with Gasteiger partial charge in [-0.3, -0.25) is 9.59 Å². The van der Waals surface area contributed by atoms with E-state index in [1.807, 2.05) is 12.1 Å². The molecule has 32 heavy (non-hydrogen) atoms. The number of fused-ring (bicyclic) bond motifs is 2. The molecule has 3 heterocycles. The number of rotatable bonds is 3. The van der Waals surface area contributed by atoms with E-state index in [2.05, 4.69) is 15.1 Å². The number of hydrogen-bond donors (Lipinski definition) is 0. The van der Waals surface area contributed by atoms with Crippen molar-refractivity contribution in [1.82, 2.24) is 24.5 Å². The van der Waals surface area contributed by atoms with E-state index in [9.17, 15) is 18.4 Å². The fraction of sp³-hybridized carbons (Fsp3) is 0.261. The number of aldehydes is 1. The highest BCUT2D eigenvalue weighted by atomic mass is 19.3. The summed E-state index contributed by atoms with van der Waals surface area (Å²) in [5.41, 5.74) is 1.48. The fourth-order valence-electron chi connectivity index (χ4n) is 4.48. The van der Waals surface area contributed by atoms with Crippen LogP contribution in [-0.2, 0) is 0 Å². The lowest BCUT2D eigenvalue weighted by Gasteiger charge is -2.38. The summed E-state index contributed by atoms with van der Waals surface area (Å²) in [5.74, 6) is -4.04. The first-order valence-electron chi connectivity index (χ1n) is 10.2. The highest BCUT2D eigenvalue weighted by Gasteiger charge is 2.44. The van der Waals surface area contributed by atoms with Gasteiger partial charge in [0, 0.05) is 30.1 Å². The molecule has 1 fully saturated rings. The number of piperidine rings is 1. The lowest BCUT2D eigenvalue weighted by Crippen LogP contribution is -2.49. The minimum absolute atomic E-state index is 0.0674. The van der Waals surface area contributed by atoms with Crippen molar-refractivity contribution in [2.45, 2.75) is 25.2 Å². The number of alkyl halides is 2. The highest BCUT2D eigenvalue weighted by Crippen LogP contribution is 2.37. The number of hydrogen-bond acceptors (Lipinski definition) is 5. The molecule has 1 atom stereocenters. The van der Waals surface area contributed by atoms with Gasteiger partial charge in [-0.25, -0.2) is 18.3 Å². The second-order valence-electron chi connectivity index (χ2n) is 8.10. The number of nitrogens with zero attached hydrogens (tertiary/aromatic N) is 5. The number of carbonyl (C=O) groups excluding carboxylic acids is 2. The number of amides is 1. The van der Waals surface area contributed by atoms with Crippen LogP contribution < -0.4 is 0 Å². The number of benzene rings is 2. The molecule has 0 radical (unpaired) electrons. The van der Waals surface area contributed by atoms with Crippen LogP contribution in [0.25, 0.3) is 16.6 Å². The van der Waals surface area contributed by atoms with Gasteiger partial charge < -0.3 is 4.90 Å². The van der Waals surface area contributed by atoms with Crippen LogP contribution in [0.1, 0.15) is 44.4 Å². The van der Waals surface area contributed by atoms with Gasteiger partial charge >= 0.3 is 0 Å². The molecule has 2 aromatic heterocycles. The first kappa shape index (κ1) is 20.2. The van der Waals surface area contributed by atoms with E-state index in [0.717, 1.165) is 10.3 Å². The third kappa shape index (κ3) is 3.39. The summed E-state index contributed by atoms with van der Waals surface area (Å²) in [6.07, 6.45) is 1.51. The van der Waals surface area contributed by atoms with E-state index in [4.69, 9.17) is 0 Å². The number of aryl methyl sites for hydroxylation is 1. The predicted octanol–water partition coefficient (Wildman–Crippen LogP) is 3.66. The molecule has 0 saturated carbocycles. The summed E-state index contributed by atoms with van der Waals surface area (Å²) in [5, 5.41) is 5.53. The minimum Gasteiger partial charge on any atom is -0.332 e. The van der Waals surface area contributed by atoms with Gasteiger partial charge in [-0.1, -0.05) is 30.3 Å². The molecule has 0 bridgehead atoms. The fourth-order valence-corrected chi connectivity index (χ4v) is 4.48. The Bertz CT molecular complexity index is 1370. The van der Waals surface area contributed by atoms with Crippen LogP contribution in [-0.4, -0.2) is 55.7 Å². The third-order valence-corrected chi connectivity index (χ3v) is 5.84. The van der Waals surface area contributed by atoms with Crippen LogP contribution in [0.15, 0.2) is 48.8 Å². The summed E-state index contributed by atoms with van der Waals surface area (Å²) in [6.45, 7) is 1.11. The van der Waals surface area contributed by atoms with Crippen LogP contribution in [0.4, 0.5) is 8.78 Å². The van der Waals surface area contributed by atoms with Crippen LogP contribution in [0, 0.1) is 6.92 Å². The molecule has 1 saturated heterocycles. The van der Waals surface area contributed by atoms with E-state index in [0.29, 0.717) is 28.8 Å². The van der Waals surface area contributed by atoms with Gasteiger partial charge in [0.25, 0.3) is 17.6 Å². The lowest BCUT2D eigenvalue weighted by atomic mass is 9.90. The van der Waals surface area contributed by atoms with Crippen molar-refractivity contribution in [1.29, 1.82) is 0 Å². The van der Waals surface area contributed by atoms with Crippen LogP contribution in [0.2, 0.25) is 0 Å². The summed E-state index contributed by atoms with van der Waals surface area (Å²) in [7, 11) is 0. The van der Waals surface area contributed by atoms with Crippen LogP contribution >= 0.6 is 0 Å². The summed E-state index contributed by atoms with van der Waals surface area (Å²) in [6, 6.07) is 12.1. The first-order chi connectivity index (χ1) is 15.4. The van der Waals surface area contributed by atoms with Crippen molar-refractivity contribution < 1.29 is 18.4 Å². The Morgan fingerprint density at radius 3 is 2.84 bits per heavy atom. The van der Waals surface area contributed by atoms with Gasteiger partial charge in [0.15, 0.2) is 6.29 Å². The SMILES string of the molecule is Cc1cc(C2CN(C(=O)c3ccc4ccccc4c3C=O)CC(F)(F)C2)n2ncnc2n1. The molecule has 7 nitrogen and oxygen atoms in total. The zero-order chi connectivity index (χ0) is 22.5. The van der Waals surface area contributed by atoms with Gasteiger partial charge in [0.1, 0.15) is 6.33 Å². The van der Waals surface area contributed by atoms with Crippen molar-refractivity contribution in [3.05, 3.63) is 71.3 Å². The zero-order valence-electron chi connectivity index (χ0n) is 17.2. The molecule has 1 aliphatic rings. The Morgan fingerprint density at radius 2 is 2.03 bits per heavy atom. The lowest BCUT2D eigenvalue weighted by molar-refractivity contribution is -0.0641. The molecule has 0 aliphatic carbocycles. The average molecular weight is 435 g/mol. The maximum absolute atomic E-state index is 14.8. The van der Waals surface area contributed by atoms with Gasteiger partial charge in [0.05, 0.1) is 17.8 Å².